The normalized spacial score (nSPS) is 17.6. The van der Waals surface area contributed by atoms with E-state index in [0.717, 1.165) is 31.7 Å². The van der Waals surface area contributed by atoms with Gasteiger partial charge >= 0.3 is 5.69 Å². The average Bonchev–Trinajstić information content (AvgIpc) is 2.24. The summed E-state index contributed by atoms with van der Waals surface area (Å²) in [5.74, 6) is 0.319. The number of hydrogen-bond acceptors (Lipinski definition) is 6. The third kappa shape index (κ3) is 1.94. The number of aliphatic hydroxyl groups excluding tert-OH is 1. The van der Waals surface area contributed by atoms with Crippen molar-refractivity contribution in [3.8, 4) is 0 Å². The number of nitro groups is 1. The van der Waals surface area contributed by atoms with Gasteiger partial charge in [0.2, 0.25) is 5.95 Å². The van der Waals surface area contributed by atoms with Crippen LogP contribution < -0.4 is 5.32 Å². The number of nitrogens with zero attached hydrogens (tertiary/aromatic N) is 3. The van der Waals surface area contributed by atoms with Crippen molar-refractivity contribution in [1.82, 2.24) is 9.97 Å². The average molecular weight is 224 g/mol. The fraction of sp³-hybridized carbons (Fsp3) is 0.556. The first kappa shape index (κ1) is 10.7. The second-order valence-corrected chi connectivity index (χ2v) is 3.94. The van der Waals surface area contributed by atoms with Gasteiger partial charge in [0.25, 0.3) is 0 Å². The van der Waals surface area contributed by atoms with Crippen LogP contribution in [0.4, 0.5) is 11.6 Å². The van der Waals surface area contributed by atoms with E-state index < -0.39 is 4.92 Å². The van der Waals surface area contributed by atoms with Crippen LogP contribution in [0.5, 0.6) is 0 Å². The molecule has 1 aromatic rings. The molecule has 2 rings (SSSR count). The second-order valence-electron chi connectivity index (χ2n) is 3.94. The predicted octanol–water partition coefficient (Wildman–Crippen LogP) is 0.712. The van der Waals surface area contributed by atoms with E-state index in [9.17, 15) is 15.2 Å². The summed E-state index contributed by atoms with van der Waals surface area (Å²) < 4.78 is 0. The van der Waals surface area contributed by atoms with Crippen LogP contribution in [0.15, 0.2) is 12.4 Å². The molecule has 0 unspecified atom stereocenters. The minimum atomic E-state index is -0.547. The molecule has 86 valence electrons. The van der Waals surface area contributed by atoms with E-state index in [1.807, 2.05) is 0 Å². The molecule has 0 bridgehead atoms. The Bertz CT molecular complexity index is 383. The SMILES string of the molecule is O=[N+]([O-])c1cnc(NC2(CO)CCC2)nc1. The van der Waals surface area contributed by atoms with Crippen LogP contribution in [-0.2, 0) is 0 Å². The molecule has 1 aromatic heterocycles. The number of rotatable bonds is 4. The first-order valence-corrected chi connectivity index (χ1v) is 5.01. The fourth-order valence-corrected chi connectivity index (χ4v) is 1.64. The number of aliphatic hydroxyl groups is 1. The lowest BCUT2D eigenvalue weighted by atomic mass is 9.77. The molecular formula is C9H12N4O3. The summed E-state index contributed by atoms with van der Waals surface area (Å²) in [6, 6.07) is 0. The lowest BCUT2D eigenvalue weighted by molar-refractivity contribution is -0.385. The van der Waals surface area contributed by atoms with Crippen molar-refractivity contribution < 1.29 is 10.0 Å². The summed E-state index contributed by atoms with van der Waals surface area (Å²) in [7, 11) is 0. The van der Waals surface area contributed by atoms with E-state index in [0.29, 0.717) is 5.95 Å². The van der Waals surface area contributed by atoms with Crippen LogP contribution in [0.25, 0.3) is 0 Å². The van der Waals surface area contributed by atoms with Crippen LogP contribution in [0, 0.1) is 10.1 Å². The number of nitrogens with one attached hydrogen (secondary N) is 1. The first-order valence-electron chi connectivity index (χ1n) is 5.01. The summed E-state index contributed by atoms with van der Waals surface area (Å²) in [6.07, 6.45) is 5.09. The predicted molar refractivity (Wildman–Crippen MR) is 56.0 cm³/mol. The third-order valence-electron chi connectivity index (χ3n) is 2.84. The highest BCUT2D eigenvalue weighted by Crippen LogP contribution is 2.33. The molecule has 7 nitrogen and oxygen atoms in total. The van der Waals surface area contributed by atoms with E-state index in [-0.39, 0.29) is 17.8 Å². The van der Waals surface area contributed by atoms with Crippen molar-refractivity contribution in [1.29, 1.82) is 0 Å². The molecular weight excluding hydrogens is 212 g/mol. The van der Waals surface area contributed by atoms with Crippen LogP contribution in [0.3, 0.4) is 0 Å². The molecule has 0 saturated heterocycles. The number of aromatic nitrogens is 2. The van der Waals surface area contributed by atoms with Crippen LogP contribution >= 0.6 is 0 Å². The molecule has 1 aliphatic rings. The highest BCUT2D eigenvalue weighted by molar-refractivity contribution is 5.34. The molecule has 0 aliphatic heterocycles. The van der Waals surface area contributed by atoms with E-state index in [2.05, 4.69) is 15.3 Å². The molecule has 16 heavy (non-hydrogen) atoms. The summed E-state index contributed by atoms with van der Waals surface area (Å²) in [6.45, 7) is 0.0212. The van der Waals surface area contributed by atoms with Gasteiger partial charge < -0.3 is 10.4 Å². The Hall–Kier alpha value is -1.76. The Balaban J connectivity index is 2.07. The van der Waals surface area contributed by atoms with Crippen molar-refractivity contribution >= 4 is 11.6 Å². The molecule has 0 spiro atoms. The van der Waals surface area contributed by atoms with Crippen LogP contribution in [0.2, 0.25) is 0 Å². The minimum absolute atomic E-state index is 0.0212. The highest BCUT2D eigenvalue weighted by atomic mass is 16.6. The van der Waals surface area contributed by atoms with Gasteiger partial charge in [-0.25, -0.2) is 9.97 Å². The van der Waals surface area contributed by atoms with Crippen molar-refractivity contribution in [2.75, 3.05) is 11.9 Å². The fourth-order valence-electron chi connectivity index (χ4n) is 1.64. The maximum atomic E-state index is 10.4. The quantitative estimate of drug-likeness (QED) is 0.577. The molecule has 0 atom stereocenters. The summed E-state index contributed by atoms with van der Waals surface area (Å²) in [4.78, 5) is 17.5. The van der Waals surface area contributed by atoms with Gasteiger partial charge in [0.1, 0.15) is 12.4 Å². The largest absolute Gasteiger partial charge is 0.394 e. The van der Waals surface area contributed by atoms with Gasteiger partial charge in [-0.2, -0.15) is 0 Å². The standard InChI is InChI=1S/C9H12N4O3/c14-6-9(2-1-3-9)12-8-10-4-7(5-11-8)13(15)16/h4-5,14H,1-3,6H2,(H,10,11,12). The molecule has 0 aromatic carbocycles. The van der Waals surface area contributed by atoms with E-state index >= 15 is 0 Å². The first-order chi connectivity index (χ1) is 7.65. The topological polar surface area (TPSA) is 101 Å². The smallest absolute Gasteiger partial charge is 0.305 e. The Morgan fingerprint density at radius 1 is 1.50 bits per heavy atom. The van der Waals surface area contributed by atoms with E-state index in [1.54, 1.807) is 0 Å². The van der Waals surface area contributed by atoms with Gasteiger partial charge in [0, 0.05) is 0 Å². The summed E-state index contributed by atoms with van der Waals surface area (Å²) >= 11 is 0. The van der Waals surface area contributed by atoms with Crippen molar-refractivity contribution in [2.24, 2.45) is 0 Å². The number of anilines is 1. The Morgan fingerprint density at radius 2 is 2.12 bits per heavy atom. The van der Waals surface area contributed by atoms with E-state index in [1.165, 1.54) is 0 Å². The van der Waals surface area contributed by atoms with E-state index in [4.69, 9.17) is 0 Å². The molecule has 0 radical (unpaired) electrons. The maximum Gasteiger partial charge on any atom is 0.305 e. The van der Waals surface area contributed by atoms with Crippen LogP contribution in [-0.4, -0.2) is 32.1 Å². The van der Waals surface area contributed by atoms with Crippen molar-refractivity contribution in [2.45, 2.75) is 24.8 Å². The zero-order valence-electron chi connectivity index (χ0n) is 8.59. The van der Waals surface area contributed by atoms with Gasteiger partial charge in [-0.3, -0.25) is 10.1 Å². The van der Waals surface area contributed by atoms with Gasteiger partial charge in [0.15, 0.2) is 0 Å². The molecule has 2 N–H and O–H groups in total. The highest BCUT2D eigenvalue weighted by Gasteiger charge is 2.36. The zero-order chi connectivity index (χ0) is 11.6. The van der Waals surface area contributed by atoms with Crippen LogP contribution in [0.1, 0.15) is 19.3 Å². The van der Waals surface area contributed by atoms with Crippen molar-refractivity contribution in [3.63, 3.8) is 0 Å². The Kier molecular flexibility index (Phi) is 2.69. The minimum Gasteiger partial charge on any atom is -0.394 e. The lowest BCUT2D eigenvalue weighted by Gasteiger charge is -2.40. The zero-order valence-corrected chi connectivity index (χ0v) is 8.59. The second kappa shape index (κ2) is 4.01. The van der Waals surface area contributed by atoms with Gasteiger partial charge in [0.05, 0.1) is 17.1 Å². The monoisotopic (exact) mass is 224 g/mol. The van der Waals surface area contributed by atoms with Gasteiger partial charge in [-0.1, -0.05) is 0 Å². The third-order valence-corrected chi connectivity index (χ3v) is 2.84. The Labute approximate surface area is 91.7 Å². The summed E-state index contributed by atoms with van der Waals surface area (Å²) in [5, 5.41) is 22.6. The molecule has 1 aliphatic carbocycles. The Morgan fingerprint density at radius 3 is 2.50 bits per heavy atom. The molecule has 1 fully saturated rings. The molecule has 1 saturated carbocycles. The number of hydrogen-bond donors (Lipinski definition) is 2. The van der Waals surface area contributed by atoms with Crippen molar-refractivity contribution in [3.05, 3.63) is 22.5 Å². The lowest BCUT2D eigenvalue weighted by Crippen LogP contribution is -2.48. The summed E-state index contributed by atoms with van der Waals surface area (Å²) in [5.41, 5.74) is -0.479. The molecule has 0 amide bonds. The molecule has 7 heteroatoms. The van der Waals surface area contributed by atoms with Gasteiger partial charge in [-0.05, 0) is 19.3 Å². The maximum absolute atomic E-state index is 10.4. The molecule has 1 heterocycles. The van der Waals surface area contributed by atoms with Gasteiger partial charge in [-0.15, -0.1) is 0 Å².